The molecule has 0 heterocycles. The van der Waals surface area contributed by atoms with Gasteiger partial charge in [-0.25, -0.2) is 12.8 Å². The molecule has 88 valence electrons. The summed E-state index contributed by atoms with van der Waals surface area (Å²) in [5.41, 5.74) is 0.335. The Labute approximate surface area is 101 Å². The van der Waals surface area contributed by atoms with E-state index >= 15 is 0 Å². The van der Waals surface area contributed by atoms with Crippen LogP contribution in [0.2, 0.25) is 0 Å². The van der Waals surface area contributed by atoms with Crippen molar-refractivity contribution in [2.75, 3.05) is 17.3 Å². The molecule has 0 fully saturated rings. The molecular weight excluding hydrogens is 301 g/mol. The van der Waals surface area contributed by atoms with Gasteiger partial charge in [-0.05, 0) is 34.1 Å². The first-order valence-electron chi connectivity index (χ1n) is 4.20. The van der Waals surface area contributed by atoms with E-state index in [4.69, 9.17) is 0 Å². The molecule has 0 bridgehead atoms. The number of hydrogen-bond acceptors (Lipinski definition) is 3. The second-order valence-corrected chi connectivity index (χ2v) is 6.24. The van der Waals surface area contributed by atoms with E-state index in [1.165, 1.54) is 18.2 Å². The zero-order valence-electron chi connectivity index (χ0n) is 8.33. The van der Waals surface area contributed by atoms with Crippen LogP contribution in [-0.4, -0.2) is 26.3 Å². The van der Waals surface area contributed by atoms with Crippen LogP contribution in [0.4, 0.5) is 10.1 Å². The smallest absolute Gasteiger partial charge is 0.239 e. The van der Waals surface area contributed by atoms with Gasteiger partial charge in [-0.3, -0.25) is 4.79 Å². The number of rotatable bonds is 3. The molecule has 0 radical (unpaired) electrons. The maximum absolute atomic E-state index is 12.9. The highest BCUT2D eigenvalue weighted by molar-refractivity contribution is 9.10. The molecule has 0 aliphatic rings. The van der Waals surface area contributed by atoms with Gasteiger partial charge in [0.25, 0.3) is 0 Å². The molecule has 1 N–H and O–H groups in total. The van der Waals surface area contributed by atoms with Crippen molar-refractivity contribution >= 4 is 37.4 Å². The Hall–Kier alpha value is -0.950. The Morgan fingerprint density at radius 2 is 2.12 bits per heavy atom. The van der Waals surface area contributed by atoms with Crippen molar-refractivity contribution < 1.29 is 17.6 Å². The normalized spacial score (nSPS) is 11.2. The SMILES string of the molecule is CS(=O)(=O)CC(=O)Nc1ccc(F)c(Br)c1. The Kier molecular flexibility index (Phi) is 4.03. The minimum absolute atomic E-state index is 0.199. The predicted octanol–water partition coefficient (Wildman–Crippen LogP) is 1.57. The van der Waals surface area contributed by atoms with Crippen LogP contribution in [0.5, 0.6) is 0 Å². The predicted molar refractivity (Wildman–Crippen MR) is 62.4 cm³/mol. The number of sulfone groups is 1. The number of carbonyl (C=O) groups excluding carboxylic acids is 1. The fourth-order valence-electron chi connectivity index (χ4n) is 1.01. The van der Waals surface area contributed by atoms with Gasteiger partial charge in [-0.2, -0.15) is 0 Å². The van der Waals surface area contributed by atoms with Crippen LogP contribution >= 0.6 is 15.9 Å². The van der Waals surface area contributed by atoms with Gasteiger partial charge in [0.05, 0.1) is 4.47 Å². The van der Waals surface area contributed by atoms with E-state index < -0.39 is 27.3 Å². The highest BCUT2D eigenvalue weighted by Gasteiger charge is 2.11. The lowest BCUT2D eigenvalue weighted by molar-refractivity contribution is -0.113. The van der Waals surface area contributed by atoms with Gasteiger partial charge in [0.1, 0.15) is 11.6 Å². The molecule has 0 saturated carbocycles. The summed E-state index contributed by atoms with van der Waals surface area (Å²) in [6.07, 6.45) is 0.965. The van der Waals surface area contributed by atoms with Crippen LogP contribution in [0.1, 0.15) is 0 Å². The second kappa shape index (κ2) is 4.92. The molecule has 1 aromatic carbocycles. The minimum Gasteiger partial charge on any atom is -0.325 e. The van der Waals surface area contributed by atoms with Crippen LogP contribution in [0, 0.1) is 5.82 Å². The monoisotopic (exact) mass is 309 g/mol. The van der Waals surface area contributed by atoms with E-state index in [-0.39, 0.29) is 4.47 Å². The number of halogens is 2. The topological polar surface area (TPSA) is 63.2 Å². The van der Waals surface area contributed by atoms with Crippen LogP contribution in [0.25, 0.3) is 0 Å². The average Bonchev–Trinajstić information content (AvgIpc) is 2.08. The number of anilines is 1. The van der Waals surface area contributed by atoms with E-state index in [0.717, 1.165) is 6.26 Å². The molecule has 0 atom stereocenters. The summed E-state index contributed by atoms with van der Waals surface area (Å²) < 4.78 is 34.7. The minimum atomic E-state index is -3.36. The fourth-order valence-corrected chi connectivity index (χ4v) is 1.94. The largest absolute Gasteiger partial charge is 0.325 e. The van der Waals surface area contributed by atoms with Crippen LogP contribution in [0.15, 0.2) is 22.7 Å². The van der Waals surface area contributed by atoms with Crippen LogP contribution in [-0.2, 0) is 14.6 Å². The number of benzene rings is 1. The number of amides is 1. The van der Waals surface area contributed by atoms with Gasteiger partial charge in [0.2, 0.25) is 5.91 Å². The zero-order chi connectivity index (χ0) is 12.3. The molecule has 0 aliphatic carbocycles. The third-order valence-electron chi connectivity index (χ3n) is 1.60. The Balaban J connectivity index is 2.74. The highest BCUT2D eigenvalue weighted by atomic mass is 79.9. The van der Waals surface area contributed by atoms with Crippen molar-refractivity contribution in [3.63, 3.8) is 0 Å². The van der Waals surface area contributed by atoms with Crippen molar-refractivity contribution in [3.05, 3.63) is 28.5 Å². The van der Waals surface area contributed by atoms with Gasteiger partial charge in [-0.15, -0.1) is 0 Å². The van der Waals surface area contributed by atoms with Gasteiger partial charge < -0.3 is 5.32 Å². The molecule has 0 saturated heterocycles. The molecule has 1 amide bonds. The summed E-state index contributed by atoms with van der Waals surface area (Å²) in [6.45, 7) is 0. The molecule has 7 heteroatoms. The van der Waals surface area contributed by atoms with Crippen molar-refractivity contribution in [2.45, 2.75) is 0 Å². The fraction of sp³-hybridized carbons (Fsp3) is 0.222. The summed E-state index contributed by atoms with van der Waals surface area (Å²) in [5.74, 6) is -1.70. The standard InChI is InChI=1S/C9H9BrFNO3S/c1-16(14,15)5-9(13)12-6-2-3-8(11)7(10)4-6/h2-4H,5H2,1H3,(H,12,13). The van der Waals surface area contributed by atoms with Gasteiger partial charge in [0.15, 0.2) is 9.84 Å². The Morgan fingerprint density at radius 1 is 1.50 bits per heavy atom. The molecule has 1 rings (SSSR count). The average molecular weight is 310 g/mol. The highest BCUT2D eigenvalue weighted by Crippen LogP contribution is 2.19. The molecule has 0 unspecified atom stereocenters. The first-order chi connectivity index (χ1) is 7.28. The third kappa shape index (κ3) is 4.28. The summed E-state index contributed by atoms with van der Waals surface area (Å²) in [7, 11) is -3.36. The van der Waals surface area contributed by atoms with E-state index in [9.17, 15) is 17.6 Å². The quantitative estimate of drug-likeness (QED) is 0.922. The maximum Gasteiger partial charge on any atom is 0.239 e. The van der Waals surface area contributed by atoms with E-state index in [0.29, 0.717) is 5.69 Å². The molecule has 0 spiro atoms. The van der Waals surface area contributed by atoms with Crippen LogP contribution < -0.4 is 5.32 Å². The van der Waals surface area contributed by atoms with Gasteiger partial charge in [-0.1, -0.05) is 0 Å². The lowest BCUT2D eigenvalue weighted by atomic mass is 10.3. The van der Waals surface area contributed by atoms with Crippen molar-refractivity contribution in [1.29, 1.82) is 0 Å². The lowest BCUT2D eigenvalue weighted by Gasteiger charge is -2.05. The first-order valence-corrected chi connectivity index (χ1v) is 7.06. The Bertz CT molecular complexity index is 515. The lowest BCUT2D eigenvalue weighted by Crippen LogP contribution is -2.21. The summed E-state index contributed by atoms with van der Waals surface area (Å²) in [5, 5.41) is 2.35. The number of nitrogens with one attached hydrogen (secondary N) is 1. The number of hydrogen-bond donors (Lipinski definition) is 1. The third-order valence-corrected chi connectivity index (χ3v) is 2.99. The van der Waals surface area contributed by atoms with Crippen molar-refractivity contribution in [3.8, 4) is 0 Å². The van der Waals surface area contributed by atoms with Gasteiger partial charge >= 0.3 is 0 Å². The molecule has 4 nitrogen and oxygen atoms in total. The molecule has 1 aromatic rings. The zero-order valence-corrected chi connectivity index (χ0v) is 10.7. The number of carbonyl (C=O) groups is 1. The maximum atomic E-state index is 12.9. The second-order valence-electron chi connectivity index (χ2n) is 3.25. The van der Waals surface area contributed by atoms with Crippen molar-refractivity contribution in [1.82, 2.24) is 0 Å². The Morgan fingerprint density at radius 3 is 2.62 bits per heavy atom. The summed E-state index contributed by atoms with van der Waals surface area (Å²) in [4.78, 5) is 11.2. The van der Waals surface area contributed by atoms with E-state index in [1.807, 2.05) is 0 Å². The van der Waals surface area contributed by atoms with Gasteiger partial charge in [0, 0.05) is 11.9 Å². The summed E-state index contributed by atoms with van der Waals surface area (Å²) in [6, 6.07) is 3.87. The van der Waals surface area contributed by atoms with Crippen molar-refractivity contribution in [2.24, 2.45) is 0 Å². The summed E-state index contributed by atoms with van der Waals surface area (Å²) >= 11 is 2.95. The molecule has 0 aliphatic heterocycles. The van der Waals surface area contributed by atoms with E-state index in [1.54, 1.807) is 0 Å². The molecular formula is C9H9BrFNO3S. The van der Waals surface area contributed by atoms with Crippen LogP contribution in [0.3, 0.4) is 0 Å². The molecule has 16 heavy (non-hydrogen) atoms. The molecule has 0 aromatic heterocycles. The first kappa shape index (κ1) is 13.1. The van der Waals surface area contributed by atoms with E-state index in [2.05, 4.69) is 21.2 Å².